The molecule has 1 heterocycles. The Balaban J connectivity index is 2.28. The van der Waals surface area contributed by atoms with Crippen LogP contribution in [0.4, 0.5) is 0 Å². The standard InChI is InChI=1S/C13H15NO2/c1-9-2-4-10(5-3-9)12-6-7-13(16-12)11(15)8-14/h2-7,11,15H,8,14H2,1H3/t11-/m0/s1. The largest absolute Gasteiger partial charge is 0.458 e. The molecule has 0 fully saturated rings. The maximum absolute atomic E-state index is 9.51. The molecule has 3 heteroatoms. The number of hydrogen-bond donors (Lipinski definition) is 2. The van der Waals surface area contributed by atoms with E-state index in [4.69, 9.17) is 10.2 Å². The van der Waals surface area contributed by atoms with Crippen LogP contribution < -0.4 is 5.73 Å². The number of hydrogen-bond acceptors (Lipinski definition) is 3. The molecule has 2 aromatic rings. The van der Waals surface area contributed by atoms with Gasteiger partial charge in [0, 0.05) is 12.1 Å². The van der Waals surface area contributed by atoms with E-state index in [0.717, 1.165) is 11.3 Å². The van der Waals surface area contributed by atoms with Crippen molar-refractivity contribution in [2.45, 2.75) is 13.0 Å². The molecule has 0 spiro atoms. The number of aliphatic hydroxyl groups excluding tert-OH is 1. The molecule has 1 aromatic carbocycles. The summed E-state index contributed by atoms with van der Waals surface area (Å²) in [4.78, 5) is 0. The van der Waals surface area contributed by atoms with Crippen LogP contribution in [0.25, 0.3) is 11.3 Å². The van der Waals surface area contributed by atoms with Crippen molar-refractivity contribution in [3.05, 3.63) is 47.7 Å². The van der Waals surface area contributed by atoms with Crippen LogP contribution in [0.3, 0.4) is 0 Å². The zero-order valence-electron chi connectivity index (χ0n) is 9.18. The fraction of sp³-hybridized carbons (Fsp3) is 0.231. The normalized spacial score (nSPS) is 12.7. The van der Waals surface area contributed by atoms with Crippen molar-refractivity contribution < 1.29 is 9.52 Å². The fourth-order valence-corrected chi connectivity index (χ4v) is 1.52. The molecule has 0 saturated carbocycles. The van der Waals surface area contributed by atoms with Gasteiger partial charge in [0.2, 0.25) is 0 Å². The summed E-state index contributed by atoms with van der Waals surface area (Å²) in [5.74, 6) is 1.26. The summed E-state index contributed by atoms with van der Waals surface area (Å²) in [5.41, 5.74) is 7.57. The first kappa shape index (κ1) is 10.9. The average Bonchev–Trinajstić information content (AvgIpc) is 2.78. The topological polar surface area (TPSA) is 59.4 Å². The Labute approximate surface area is 94.5 Å². The van der Waals surface area contributed by atoms with Crippen molar-refractivity contribution in [1.82, 2.24) is 0 Å². The van der Waals surface area contributed by atoms with E-state index < -0.39 is 6.10 Å². The van der Waals surface area contributed by atoms with Gasteiger partial charge in [-0.2, -0.15) is 0 Å². The Morgan fingerprint density at radius 2 is 1.88 bits per heavy atom. The van der Waals surface area contributed by atoms with E-state index in [1.54, 1.807) is 6.07 Å². The van der Waals surface area contributed by atoms with Crippen LogP contribution in [-0.2, 0) is 0 Å². The smallest absolute Gasteiger partial charge is 0.134 e. The summed E-state index contributed by atoms with van der Waals surface area (Å²) in [6, 6.07) is 11.6. The lowest BCUT2D eigenvalue weighted by Gasteiger charge is -2.03. The first-order chi connectivity index (χ1) is 7.70. The number of aliphatic hydroxyl groups is 1. The highest BCUT2D eigenvalue weighted by Gasteiger charge is 2.11. The Morgan fingerprint density at radius 1 is 1.19 bits per heavy atom. The summed E-state index contributed by atoms with van der Waals surface area (Å²) in [5, 5.41) is 9.51. The lowest BCUT2D eigenvalue weighted by molar-refractivity contribution is 0.159. The quantitative estimate of drug-likeness (QED) is 0.829. The minimum absolute atomic E-state index is 0.168. The molecule has 3 N–H and O–H groups in total. The number of nitrogens with two attached hydrogens (primary N) is 1. The van der Waals surface area contributed by atoms with E-state index in [1.807, 2.05) is 37.3 Å². The second-order valence-electron chi connectivity index (χ2n) is 3.82. The minimum atomic E-state index is -0.723. The lowest BCUT2D eigenvalue weighted by atomic mass is 10.1. The molecule has 1 aromatic heterocycles. The average molecular weight is 217 g/mol. The Bertz CT molecular complexity index is 459. The molecule has 16 heavy (non-hydrogen) atoms. The van der Waals surface area contributed by atoms with E-state index in [2.05, 4.69) is 0 Å². The molecule has 0 bridgehead atoms. The van der Waals surface area contributed by atoms with Crippen LogP contribution in [0, 0.1) is 6.92 Å². The molecule has 0 saturated heterocycles. The van der Waals surface area contributed by atoms with Crippen LogP contribution in [0.5, 0.6) is 0 Å². The second-order valence-corrected chi connectivity index (χ2v) is 3.82. The molecule has 0 aliphatic heterocycles. The van der Waals surface area contributed by atoms with Crippen LogP contribution in [0.2, 0.25) is 0 Å². The van der Waals surface area contributed by atoms with Gasteiger partial charge < -0.3 is 15.3 Å². The third-order valence-electron chi connectivity index (χ3n) is 2.51. The molecule has 2 rings (SSSR count). The maximum Gasteiger partial charge on any atom is 0.134 e. The van der Waals surface area contributed by atoms with E-state index in [-0.39, 0.29) is 6.54 Å². The summed E-state index contributed by atoms with van der Waals surface area (Å²) in [7, 11) is 0. The summed E-state index contributed by atoms with van der Waals surface area (Å²) in [6.07, 6.45) is -0.723. The van der Waals surface area contributed by atoms with Gasteiger partial charge in [0.1, 0.15) is 17.6 Å². The lowest BCUT2D eigenvalue weighted by Crippen LogP contribution is -2.10. The summed E-state index contributed by atoms with van der Waals surface area (Å²) >= 11 is 0. The minimum Gasteiger partial charge on any atom is -0.458 e. The molecule has 3 nitrogen and oxygen atoms in total. The predicted octanol–water partition coefficient (Wildman–Crippen LogP) is 2.25. The number of benzene rings is 1. The molecular formula is C13H15NO2. The van der Waals surface area contributed by atoms with Crippen molar-refractivity contribution in [3.63, 3.8) is 0 Å². The summed E-state index contributed by atoms with van der Waals surface area (Å²) in [6.45, 7) is 2.20. The molecule has 0 radical (unpaired) electrons. The molecule has 0 aliphatic carbocycles. The predicted molar refractivity (Wildman–Crippen MR) is 62.9 cm³/mol. The van der Waals surface area contributed by atoms with E-state index >= 15 is 0 Å². The highest BCUT2D eigenvalue weighted by molar-refractivity contribution is 5.57. The van der Waals surface area contributed by atoms with Crippen LogP contribution >= 0.6 is 0 Å². The van der Waals surface area contributed by atoms with Crippen LogP contribution in [0.15, 0.2) is 40.8 Å². The Hall–Kier alpha value is -1.58. The SMILES string of the molecule is Cc1ccc(-c2ccc([C@@H](O)CN)o2)cc1. The molecule has 0 amide bonds. The van der Waals surface area contributed by atoms with Gasteiger partial charge in [0.05, 0.1) is 0 Å². The third-order valence-corrected chi connectivity index (χ3v) is 2.51. The molecule has 0 aliphatic rings. The van der Waals surface area contributed by atoms with Gasteiger partial charge in [-0.25, -0.2) is 0 Å². The van der Waals surface area contributed by atoms with Gasteiger partial charge >= 0.3 is 0 Å². The fourth-order valence-electron chi connectivity index (χ4n) is 1.52. The molecule has 84 valence electrons. The third kappa shape index (κ3) is 2.15. The zero-order valence-corrected chi connectivity index (χ0v) is 9.18. The first-order valence-corrected chi connectivity index (χ1v) is 5.25. The van der Waals surface area contributed by atoms with Gasteiger partial charge in [-0.3, -0.25) is 0 Å². The first-order valence-electron chi connectivity index (χ1n) is 5.25. The van der Waals surface area contributed by atoms with Crippen LogP contribution in [0.1, 0.15) is 17.4 Å². The molecule has 0 unspecified atom stereocenters. The zero-order chi connectivity index (χ0) is 11.5. The highest BCUT2D eigenvalue weighted by Crippen LogP contribution is 2.25. The molecule has 1 atom stereocenters. The van der Waals surface area contributed by atoms with Crippen molar-refractivity contribution in [2.24, 2.45) is 5.73 Å². The van der Waals surface area contributed by atoms with E-state index in [0.29, 0.717) is 5.76 Å². The molecular weight excluding hydrogens is 202 g/mol. The Kier molecular flexibility index (Phi) is 3.08. The van der Waals surface area contributed by atoms with Crippen molar-refractivity contribution >= 4 is 0 Å². The number of rotatable bonds is 3. The van der Waals surface area contributed by atoms with Gasteiger partial charge in [0.25, 0.3) is 0 Å². The summed E-state index contributed by atoms with van der Waals surface area (Å²) < 4.78 is 5.53. The van der Waals surface area contributed by atoms with Gasteiger partial charge in [0.15, 0.2) is 0 Å². The van der Waals surface area contributed by atoms with E-state index in [9.17, 15) is 5.11 Å². The van der Waals surface area contributed by atoms with Gasteiger partial charge in [-0.1, -0.05) is 29.8 Å². The van der Waals surface area contributed by atoms with Crippen molar-refractivity contribution in [1.29, 1.82) is 0 Å². The highest BCUT2D eigenvalue weighted by atomic mass is 16.4. The van der Waals surface area contributed by atoms with E-state index in [1.165, 1.54) is 5.56 Å². The van der Waals surface area contributed by atoms with Crippen molar-refractivity contribution in [3.8, 4) is 11.3 Å². The van der Waals surface area contributed by atoms with Gasteiger partial charge in [-0.05, 0) is 19.1 Å². The number of furan rings is 1. The van der Waals surface area contributed by atoms with Crippen molar-refractivity contribution in [2.75, 3.05) is 6.54 Å². The van der Waals surface area contributed by atoms with Crippen LogP contribution in [-0.4, -0.2) is 11.7 Å². The monoisotopic (exact) mass is 217 g/mol. The maximum atomic E-state index is 9.51. The Morgan fingerprint density at radius 3 is 2.50 bits per heavy atom. The van der Waals surface area contributed by atoms with Gasteiger partial charge in [-0.15, -0.1) is 0 Å². The number of aryl methyl sites for hydroxylation is 1. The second kappa shape index (κ2) is 4.51.